The Labute approximate surface area is 275 Å². The normalized spacial score (nSPS) is 17.4. The highest BCUT2D eigenvalue weighted by atomic mass is 32.1. The predicted molar refractivity (Wildman–Crippen MR) is 177 cm³/mol. The van der Waals surface area contributed by atoms with Gasteiger partial charge in [-0.25, -0.2) is 19.2 Å². The monoisotopic (exact) mass is 654 g/mol. The SMILES string of the molecule is CC(C)(C)OC(=O)N1CC2(C1)CN(c1ccc(-c3cc(F)c4cn(C(C(=O)Nc5nccs5)c5ncn6c5CCC6)nc4c3)cc1)C2. The fraction of sp³-hybridized carbons (Fsp3) is 0.382. The lowest BCUT2D eigenvalue weighted by Crippen LogP contribution is -2.73. The number of anilines is 2. The van der Waals surface area contributed by atoms with E-state index in [-0.39, 0.29) is 17.4 Å². The van der Waals surface area contributed by atoms with Crippen LogP contribution in [0, 0.1) is 11.2 Å². The second-order valence-corrected chi connectivity index (χ2v) is 14.7. The summed E-state index contributed by atoms with van der Waals surface area (Å²) in [6.45, 7) is 9.66. The van der Waals surface area contributed by atoms with Crippen molar-refractivity contribution >= 4 is 45.1 Å². The molecule has 2 fully saturated rings. The van der Waals surface area contributed by atoms with Crippen molar-refractivity contribution in [3.63, 3.8) is 0 Å². The Morgan fingerprint density at radius 3 is 2.57 bits per heavy atom. The van der Waals surface area contributed by atoms with Gasteiger partial charge in [0.15, 0.2) is 11.2 Å². The minimum absolute atomic E-state index is 0.119. The summed E-state index contributed by atoms with van der Waals surface area (Å²) in [5.41, 5.74) is 4.34. The number of nitrogens with one attached hydrogen (secondary N) is 1. The number of ether oxygens (including phenoxy) is 1. The molecule has 1 N–H and O–H groups in total. The van der Waals surface area contributed by atoms with Crippen LogP contribution in [0.5, 0.6) is 0 Å². The number of halogens is 1. The molecule has 3 aliphatic heterocycles. The summed E-state index contributed by atoms with van der Waals surface area (Å²) in [6.07, 6.45) is 6.53. The van der Waals surface area contributed by atoms with Crippen LogP contribution in [-0.2, 0) is 22.5 Å². The van der Waals surface area contributed by atoms with E-state index in [1.807, 2.05) is 51.1 Å². The maximum Gasteiger partial charge on any atom is 0.410 e. The van der Waals surface area contributed by atoms with E-state index in [1.54, 1.807) is 29.0 Å². The van der Waals surface area contributed by atoms with E-state index in [2.05, 4.69) is 24.8 Å². The summed E-state index contributed by atoms with van der Waals surface area (Å²) in [5.74, 6) is -0.740. The lowest BCUT2D eigenvalue weighted by atomic mass is 9.73. The average molecular weight is 655 g/mol. The third-order valence-electron chi connectivity index (χ3n) is 9.14. The fourth-order valence-corrected chi connectivity index (χ4v) is 7.52. The van der Waals surface area contributed by atoms with Crippen molar-refractivity contribution in [1.82, 2.24) is 29.2 Å². The van der Waals surface area contributed by atoms with Crippen LogP contribution in [0.1, 0.15) is 44.6 Å². The van der Waals surface area contributed by atoms with Crippen LogP contribution in [0.3, 0.4) is 0 Å². The molecular formula is C34H35FN8O3S. The van der Waals surface area contributed by atoms with E-state index in [9.17, 15) is 9.59 Å². The number of hydrogen-bond donors (Lipinski definition) is 1. The van der Waals surface area contributed by atoms with Gasteiger partial charge in [-0.05, 0) is 69.0 Å². The standard InChI is InChI=1S/C34H35FN8O3S/c1-33(2,3)46-32(45)42-18-34(19-42)16-41(17-34)23-8-6-21(7-9-23)22-13-25(35)24-15-43(39-26(24)14-22)29(30(44)38-31-36-10-12-47-31)28-27-5-4-11-40(27)20-37-28/h6-10,12-15,20,29H,4-5,11,16-19H2,1-3H3,(H,36,38,44). The number of carbonyl (C=O) groups is 2. The Morgan fingerprint density at radius 2 is 1.85 bits per heavy atom. The molecule has 0 radical (unpaired) electrons. The largest absolute Gasteiger partial charge is 0.444 e. The zero-order valence-corrected chi connectivity index (χ0v) is 27.3. The molecule has 3 aromatic heterocycles. The Kier molecular flexibility index (Phi) is 6.87. The maximum absolute atomic E-state index is 15.6. The van der Waals surface area contributed by atoms with Gasteiger partial charge in [0.2, 0.25) is 0 Å². The number of imidazole rings is 1. The fourth-order valence-electron chi connectivity index (χ4n) is 6.99. The third kappa shape index (κ3) is 5.41. The van der Waals surface area contributed by atoms with E-state index in [1.165, 1.54) is 22.1 Å². The van der Waals surface area contributed by atoms with Crippen LogP contribution in [-0.4, -0.2) is 73.0 Å². The van der Waals surface area contributed by atoms with Crippen molar-refractivity contribution in [1.29, 1.82) is 0 Å². The Bertz CT molecular complexity index is 1980. The van der Waals surface area contributed by atoms with Gasteiger partial charge in [-0.1, -0.05) is 12.1 Å². The number of thiazole rings is 1. The van der Waals surface area contributed by atoms with Gasteiger partial charge in [0.05, 0.1) is 22.9 Å². The second-order valence-electron chi connectivity index (χ2n) is 13.8. The maximum atomic E-state index is 15.6. The number of likely N-dealkylation sites (tertiary alicyclic amines) is 1. The number of nitrogens with zero attached hydrogens (tertiary/aromatic N) is 7. The van der Waals surface area contributed by atoms with Crippen molar-refractivity contribution < 1.29 is 18.7 Å². The summed E-state index contributed by atoms with van der Waals surface area (Å²) < 4.78 is 24.7. The van der Waals surface area contributed by atoms with Crippen molar-refractivity contribution in [3.05, 3.63) is 77.7 Å². The number of hydrogen-bond acceptors (Lipinski definition) is 8. The Balaban J connectivity index is 1.00. The van der Waals surface area contributed by atoms with E-state index >= 15 is 4.39 Å². The minimum Gasteiger partial charge on any atom is -0.444 e. The van der Waals surface area contributed by atoms with Crippen LogP contribution in [0.2, 0.25) is 0 Å². The Morgan fingerprint density at radius 1 is 1.06 bits per heavy atom. The topological polar surface area (TPSA) is 110 Å². The first kappa shape index (κ1) is 29.6. The molecule has 6 heterocycles. The smallest absolute Gasteiger partial charge is 0.410 e. The number of fused-ring (bicyclic) bond motifs is 2. The molecule has 2 saturated heterocycles. The lowest BCUT2D eigenvalue weighted by Gasteiger charge is -2.60. The van der Waals surface area contributed by atoms with Gasteiger partial charge in [0.1, 0.15) is 11.4 Å². The molecular weight excluding hydrogens is 619 g/mol. The molecule has 2 amide bonds. The van der Waals surface area contributed by atoms with Crippen LogP contribution >= 0.6 is 11.3 Å². The molecule has 11 nitrogen and oxygen atoms in total. The Hall–Kier alpha value is -4.78. The molecule has 0 bridgehead atoms. The molecule has 47 heavy (non-hydrogen) atoms. The third-order valence-corrected chi connectivity index (χ3v) is 9.83. The molecule has 2 aromatic carbocycles. The first-order chi connectivity index (χ1) is 22.5. The number of benzene rings is 2. The number of amides is 2. The van der Waals surface area contributed by atoms with Gasteiger partial charge >= 0.3 is 6.09 Å². The molecule has 0 aliphatic carbocycles. The molecule has 3 aliphatic rings. The van der Waals surface area contributed by atoms with Gasteiger partial charge in [0.25, 0.3) is 5.91 Å². The summed E-state index contributed by atoms with van der Waals surface area (Å²) in [5, 5.41) is 10.2. The highest BCUT2D eigenvalue weighted by molar-refractivity contribution is 7.13. The number of rotatable bonds is 6. The number of aromatic nitrogens is 5. The zero-order chi connectivity index (χ0) is 32.5. The minimum atomic E-state index is -0.880. The van der Waals surface area contributed by atoms with Gasteiger partial charge in [-0.15, -0.1) is 11.3 Å². The van der Waals surface area contributed by atoms with Crippen LogP contribution < -0.4 is 10.2 Å². The molecule has 1 unspecified atom stereocenters. The summed E-state index contributed by atoms with van der Waals surface area (Å²) >= 11 is 1.33. The van der Waals surface area contributed by atoms with Gasteiger partial charge in [0, 0.05) is 67.3 Å². The second kappa shape index (κ2) is 10.9. The molecule has 13 heteroatoms. The van der Waals surface area contributed by atoms with Crippen LogP contribution in [0.4, 0.5) is 20.0 Å². The summed E-state index contributed by atoms with van der Waals surface area (Å²) in [7, 11) is 0. The van der Waals surface area contributed by atoms with Crippen molar-refractivity contribution in [2.75, 3.05) is 36.4 Å². The quantitative estimate of drug-likeness (QED) is 0.249. The highest BCUT2D eigenvalue weighted by Crippen LogP contribution is 2.43. The van der Waals surface area contributed by atoms with Gasteiger partial charge < -0.3 is 19.1 Å². The number of aryl methyl sites for hydroxylation is 1. The van der Waals surface area contributed by atoms with E-state index in [0.29, 0.717) is 40.4 Å². The van der Waals surface area contributed by atoms with Crippen LogP contribution in [0.25, 0.3) is 22.0 Å². The summed E-state index contributed by atoms with van der Waals surface area (Å²) in [4.78, 5) is 38.9. The van der Waals surface area contributed by atoms with Crippen molar-refractivity contribution in [2.45, 2.75) is 51.8 Å². The first-order valence-electron chi connectivity index (χ1n) is 15.8. The van der Waals surface area contributed by atoms with Crippen molar-refractivity contribution in [2.24, 2.45) is 5.41 Å². The van der Waals surface area contributed by atoms with Crippen molar-refractivity contribution in [3.8, 4) is 11.1 Å². The van der Waals surface area contributed by atoms with Gasteiger partial charge in [-0.2, -0.15) is 5.10 Å². The lowest BCUT2D eigenvalue weighted by molar-refractivity contribution is -0.118. The van der Waals surface area contributed by atoms with Gasteiger partial charge in [-0.3, -0.25) is 14.8 Å². The zero-order valence-electron chi connectivity index (χ0n) is 26.4. The van der Waals surface area contributed by atoms with E-state index in [0.717, 1.165) is 49.4 Å². The average Bonchev–Trinajstić information content (AvgIpc) is 3.78. The molecule has 8 rings (SSSR count). The summed E-state index contributed by atoms with van der Waals surface area (Å²) in [6, 6.07) is 10.6. The highest BCUT2D eigenvalue weighted by Gasteiger charge is 2.54. The molecule has 1 spiro atoms. The predicted octanol–water partition coefficient (Wildman–Crippen LogP) is 5.73. The molecule has 242 valence electrons. The van der Waals surface area contributed by atoms with E-state index in [4.69, 9.17) is 9.84 Å². The number of carbonyl (C=O) groups excluding carboxylic acids is 2. The van der Waals surface area contributed by atoms with E-state index < -0.39 is 17.5 Å². The first-order valence-corrected chi connectivity index (χ1v) is 16.7. The van der Waals surface area contributed by atoms with Crippen LogP contribution in [0.15, 0.2) is 60.5 Å². The molecule has 1 atom stereocenters. The molecule has 5 aromatic rings. The molecule has 0 saturated carbocycles.